The molecular weight excluding hydrogens is 152 g/mol. The summed E-state index contributed by atoms with van der Waals surface area (Å²) < 4.78 is 0. The molecule has 0 aromatic carbocycles. The van der Waals surface area contributed by atoms with Crippen molar-refractivity contribution >= 4 is 5.78 Å². The highest BCUT2D eigenvalue weighted by molar-refractivity contribution is 5.85. The average Bonchev–Trinajstić information content (AvgIpc) is 1.97. The van der Waals surface area contributed by atoms with E-state index in [9.17, 15) is 4.79 Å². The Morgan fingerprint density at radius 2 is 2.17 bits per heavy atom. The van der Waals surface area contributed by atoms with E-state index in [1.165, 1.54) is 5.57 Å². The molecule has 1 rings (SSSR count). The fourth-order valence-corrected chi connectivity index (χ4v) is 1.67. The van der Waals surface area contributed by atoms with Crippen molar-refractivity contribution < 1.29 is 9.90 Å². The molecule has 0 heterocycles. The second kappa shape index (κ2) is 3.40. The maximum absolute atomic E-state index is 11.4. The zero-order chi connectivity index (χ0) is 9.19. The van der Waals surface area contributed by atoms with Gasteiger partial charge in [-0.05, 0) is 12.8 Å². The molecule has 12 heavy (non-hydrogen) atoms. The fourth-order valence-electron chi connectivity index (χ4n) is 1.67. The monoisotopic (exact) mass is 168 g/mol. The first-order valence-electron chi connectivity index (χ1n) is 4.38. The van der Waals surface area contributed by atoms with E-state index in [0.29, 0.717) is 12.2 Å². The number of allylic oxidation sites excluding steroid dienone is 1. The highest BCUT2D eigenvalue weighted by Crippen LogP contribution is 2.35. The molecule has 0 unspecified atom stereocenters. The van der Waals surface area contributed by atoms with Gasteiger partial charge in [-0.25, -0.2) is 0 Å². The molecule has 1 fully saturated rings. The minimum Gasteiger partial charge on any atom is -0.392 e. The number of carbonyl (C=O) groups excluding carboxylic acids is 1. The third-order valence-electron chi connectivity index (χ3n) is 2.48. The van der Waals surface area contributed by atoms with Crippen molar-refractivity contribution in [3.8, 4) is 0 Å². The van der Waals surface area contributed by atoms with E-state index in [0.717, 1.165) is 12.8 Å². The number of rotatable bonds is 1. The highest BCUT2D eigenvalue weighted by atomic mass is 16.2. The summed E-state index contributed by atoms with van der Waals surface area (Å²) in [4.78, 5) is 11.4. The molecule has 0 aromatic heterocycles. The molecular formula is C10H16O2. The molecule has 1 saturated carbocycles. The molecule has 1 aliphatic rings. The topological polar surface area (TPSA) is 37.3 Å². The van der Waals surface area contributed by atoms with E-state index in [1.807, 2.05) is 19.9 Å². The van der Waals surface area contributed by atoms with Crippen LogP contribution in [0, 0.1) is 5.41 Å². The molecule has 68 valence electrons. The maximum Gasteiger partial charge on any atom is 0.139 e. The minimum atomic E-state index is -0.209. The van der Waals surface area contributed by atoms with Gasteiger partial charge < -0.3 is 5.11 Å². The Hall–Kier alpha value is -0.630. The number of hydrogen-bond acceptors (Lipinski definition) is 2. The molecule has 0 saturated heterocycles. The molecule has 1 N–H and O–H groups in total. The lowest BCUT2D eigenvalue weighted by Crippen LogP contribution is -2.28. The number of aliphatic hydroxyl groups is 1. The minimum absolute atomic E-state index is 0.0968. The van der Waals surface area contributed by atoms with Gasteiger partial charge in [0.1, 0.15) is 5.78 Å². The molecule has 0 amide bonds. The Kier molecular flexibility index (Phi) is 2.68. The van der Waals surface area contributed by atoms with Gasteiger partial charge in [0.15, 0.2) is 0 Å². The first kappa shape index (κ1) is 9.46. The lowest BCUT2D eigenvalue weighted by molar-refractivity contribution is -0.128. The standard InChI is InChI=1S/C10H16O2/c1-10(2)7-8(5-6-11)3-4-9(10)12/h5,11H,3-4,6-7H2,1-2H3/b8-5+. The van der Waals surface area contributed by atoms with Crippen LogP contribution in [0.1, 0.15) is 33.1 Å². The number of ketones is 1. The van der Waals surface area contributed by atoms with Crippen molar-refractivity contribution in [3.05, 3.63) is 11.6 Å². The zero-order valence-corrected chi connectivity index (χ0v) is 7.76. The third-order valence-corrected chi connectivity index (χ3v) is 2.48. The van der Waals surface area contributed by atoms with E-state index >= 15 is 0 Å². The molecule has 0 radical (unpaired) electrons. The van der Waals surface area contributed by atoms with Crippen LogP contribution in [0.4, 0.5) is 0 Å². The van der Waals surface area contributed by atoms with Gasteiger partial charge in [0.25, 0.3) is 0 Å². The van der Waals surface area contributed by atoms with Gasteiger partial charge in [0.05, 0.1) is 6.61 Å². The molecule has 0 atom stereocenters. The van der Waals surface area contributed by atoms with Crippen molar-refractivity contribution in [1.29, 1.82) is 0 Å². The van der Waals surface area contributed by atoms with Crippen LogP contribution in [-0.2, 0) is 4.79 Å². The predicted molar refractivity (Wildman–Crippen MR) is 47.8 cm³/mol. The number of hydrogen-bond donors (Lipinski definition) is 1. The van der Waals surface area contributed by atoms with Gasteiger partial charge in [0, 0.05) is 11.8 Å². The Morgan fingerprint density at radius 3 is 2.67 bits per heavy atom. The second-order valence-electron chi connectivity index (χ2n) is 4.03. The average molecular weight is 168 g/mol. The van der Waals surface area contributed by atoms with E-state index in [4.69, 9.17) is 5.11 Å². The summed E-state index contributed by atoms with van der Waals surface area (Å²) in [5, 5.41) is 8.69. The van der Waals surface area contributed by atoms with Gasteiger partial charge >= 0.3 is 0 Å². The second-order valence-corrected chi connectivity index (χ2v) is 4.03. The van der Waals surface area contributed by atoms with Crippen molar-refractivity contribution in [2.45, 2.75) is 33.1 Å². The first-order valence-corrected chi connectivity index (χ1v) is 4.38. The van der Waals surface area contributed by atoms with E-state index in [-0.39, 0.29) is 12.0 Å². The van der Waals surface area contributed by atoms with Crippen LogP contribution >= 0.6 is 0 Å². The SMILES string of the molecule is CC1(C)C/C(=C/CO)CCC1=O. The number of carbonyl (C=O) groups is 1. The summed E-state index contributed by atoms with van der Waals surface area (Å²) in [6.45, 7) is 4.04. The highest BCUT2D eigenvalue weighted by Gasteiger charge is 2.31. The number of Topliss-reactive ketones (excluding diaryl/α,β-unsaturated/α-hetero) is 1. The van der Waals surface area contributed by atoms with E-state index in [2.05, 4.69) is 0 Å². The fraction of sp³-hybridized carbons (Fsp3) is 0.700. The zero-order valence-electron chi connectivity index (χ0n) is 7.76. The Labute approximate surface area is 73.3 Å². The summed E-state index contributed by atoms with van der Waals surface area (Å²) in [5.41, 5.74) is 1.02. The van der Waals surface area contributed by atoms with Crippen LogP contribution in [0.3, 0.4) is 0 Å². The van der Waals surface area contributed by atoms with Crippen molar-refractivity contribution in [2.75, 3.05) is 6.61 Å². The molecule has 0 aromatic rings. The normalized spacial score (nSPS) is 26.2. The molecule has 2 nitrogen and oxygen atoms in total. The maximum atomic E-state index is 11.4. The smallest absolute Gasteiger partial charge is 0.139 e. The summed E-state index contributed by atoms with van der Waals surface area (Å²) >= 11 is 0. The Balaban J connectivity index is 2.69. The molecule has 0 bridgehead atoms. The lowest BCUT2D eigenvalue weighted by atomic mass is 9.74. The Bertz CT molecular complexity index is 214. The van der Waals surface area contributed by atoms with Gasteiger partial charge in [0.2, 0.25) is 0 Å². The van der Waals surface area contributed by atoms with Crippen LogP contribution in [0.5, 0.6) is 0 Å². The van der Waals surface area contributed by atoms with E-state index in [1.54, 1.807) is 0 Å². The van der Waals surface area contributed by atoms with Crippen molar-refractivity contribution in [3.63, 3.8) is 0 Å². The number of aliphatic hydroxyl groups excluding tert-OH is 1. The first-order chi connectivity index (χ1) is 5.56. The van der Waals surface area contributed by atoms with E-state index < -0.39 is 0 Å². The van der Waals surface area contributed by atoms with Crippen LogP contribution in [0.2, 0.25) is 0 Å². The van der Waals surface area contributed by atoms with Gasteiger partial charge in [-0.1, -0.05) is 25.5 Å². The van der Waals surface area contributed by atoms with Crippen LogP contribution in [0.15, 0.2) is 11.6 Å². The van der Waals surface area contributed by atoms with Crippen molar-refractivity contribution in [1.82, 2.24) is 0 Å². The summed E-state index contributed by atoms with van der Waals surface area (Å²) in [5.74, 6) is 0.345. The predicted octanol–water partition coefficient (Wildman–Crippen LogP) is 1.68. The molecule has 0 spiro atoms. The van der Waals surface area contributed by atoms with Crippen molar-refractivity contribution in [2.24, 2.45) is 5.41 Å². The summed E-state index contributed by atoms with van der Waals surface area (Å²) in [6.07, 6.45) is 4.11. The Morgan fingerprint density at radius 1 is 1.50 bits per heavy atom. The third kappa shape index (κ3) is 1.95. The quantitative estimate of drug-likeness (QED) is 0.605. The van der Waals surface area contributed by atoms with Crippen LogP contribution in [-0.4, -0.2) is 17.5 Å². The van der Waals surface area contributed by atoms with Crippen LogP contribution in [0.25, 0.3) is 0 Å². The molecule has 1 aliphatic carbocycles. The van der Waals surface area contributed by atoms with Gasteiger partial charge in [-0.15, -0.1) is 0 Å². The molecule has 0 aliphatic heterocycles. The molecule has 2 heteroatoms. The van der Waals surface area contributed by atoms with Crippen LogP contribution < -0.4 is 0 Å². The van der Waals surface area contributed by atoms with Gasteiger partial charge in [-0.3, -0.25) is 4.79 Å². The summed E-state index contributed by atoms with van der Waals surface area (Å²) in [6, 6.07) is 0. The lowest BCUT2D eigenvalue weighted by Gasteiger charge is -2.29. The summed E-state index contributed by atoms with van der Waals surface area (Å²) in [7, 11) is 0. The largest absolute Gasteiger partial charge is 0.392 e. The van der Waals surface area contributed by atoms with Gasteiger partial charge in [-0.2, -0.15) is 0 Å².